The second-order valence-corrected chi connectivity index (χ2v) is 5.82. The molecule has 1 heteroatoms. The van der Waals surface area contributed by atoms with Gasteiger partial charge in [-0.1, -0.05) is 67.3 Å². The van der Waals surface area contributed by atoms with Crippen LogP contribution in [0.15, 0.2) is 73.4 Å². The Morgan fingerprint density at radius 1 is 0.870 bits per heavy atom. The molecule has 23 heavy (non-hydrogen) atoms. The molecular formula is C22H17N. The summed E-state index contributed by atoms with van der Waals surface area (Å²) in [6, 6.07) is 21.4. The second kappa shape index (κ2) is 5.36. The Kier molecular flexibility index (Phi) is 3.20. The molecule has 1 aromatic heterocycles. The van der Waals surface area contributed by atoms with E-state index >= 15 is 0 Å². The SMILES string of the molecule is C=Cc1ccc(-c2nccc3c2ccc2ccccc23)c(C)c1. The summed E-state index contributed by atoms with van der Waals surface area (Å²) in [5.41, 5.74) is 4.57. The molecule has 0 saturated carbocycles. The third-order valence-corrected chi connectivity index (χ3v) is 4.41. The van der Waals surface area contributed by atoms with Gasteiger partial charge in [-0.15, -0.1) is 0 Å². The Hall–Kier alpha value is -2.93. The summed E-state index contributed by atoms with van der Waals surface area (Å²) < 4.78 is 0. The summed E-state index contributed by atoms with van der Waals surface area (Å²) in [6.45, 7) is 5.97. The number of nitrogens with zero attached hydrogens (tertiary/aromatic N) is 1. The third kappa shape index (κ3) is 2.22. The van der Waals surface area contributed by atoms with Crippen LogP contribution in [0.1, 0.15) is 11.1 Å². The number of fused-ring (bicyclic) bond motifs is 3. The summed E-state index contributed by atoms with van der Waals surface area (Å²) in [5.74, 6) is 0. The summed E-state index contributed by atoms with van der Waals surface area (Å²) in [5, 5.41) is 4.98. The topological polar surface area (TPSA) is 12.9 Å². The maximum absolute atomic E-state index is 4.67. The number of pyridine rings is 1. The molecule has 0 aliphatic heterocycles. The van der Waals surface area contributed by atoms with Crippen molar-refractivity contribution in [3.63, 3.8) is 0 Å². The highest BCUT2D eigenvalue weighted by atomic mass is 14.7. The Morgan fingerprint density at radius 3 is 2.57 bits per heavy atom. The fourth-order valence-electron chi connectivity index (χ4n) is 3.23. The Bertz CT molecular complexity index is 1040. The van der Waals surface area contributed by atoms with E-state index in [1.165, 1.54) is 32.7 Å². The van der Waals surface area contributed by atoms with Gasteiger partial charge in [0, 0.05) is 17.1 Å². The molecule has 4 rings (SSSR count). The molecule has 0 aliphatic rings. The predicted octanol–water partition coefficient (Wildman–Crippen LogP) is 6.01. The lowest BCUT2D eigenvalue weighted by Gasteiger charge is -2.11. The van der Waals surface area contributed by atoms with E-state index < -0.39 is 0 Å². The van der Waals surface area contributed by atoms with E-state index in [4.69, 9.17) is 0 Å². The Balaban J connectivity index is 2.05. The van der Waals surface area contributed by atoms with E-state index in [2.05, 4.69) is 79.2 Å². The van der Waals surface area contributed by atoms with E-state index in [-0.39, 0.29) is 0 Å². The van der Waals surface area contributed by atoms with Gasteiger partial charge < -0.3 is 0 Å². The number of benzene rings is 3. The van der Waals surface area contributed by atoms with Crippen molar-refractivity contribution >= 4 is 27.6 Å². The largest absolute Gasteiger partial charge is 0.256 e. The first-order valence-corrected chi connectivity index (χ1v) is 7.78. The number of hydrogen-bond donors (Lipinski definition) is 0. The lowest BCUT2D eigenvalue weighted by Crippen LogP contribution is -1.90. The highest BCUT2D eigenvalue weighted by molar-refractivity contribution is 6.11. The molecule has 0 radical (unpaired) electrons. The average Bonchev–Trinajstić information content (AvgIpc) is 2.61. The van der Waals surface area contributed by atoms with Crippen LogP contribution in [0.4, 0.5) is 0 Å². The molecule has 1 nitrogen and oxygen atoms in total. The zero-order valence-corrected chi connectivity index (χ0v) is 13.1. The van der Waals surface area contributed by atoms with Gasteiger partial charge in [-0.25, -0.2) is 0 Å². The van der Waals surface area contributed by atoms with Crippen molar-refractivity contribution in [1.82, 2.24) is 4.98 Å². The monoisotopic (exact) mass is 295 g/mol. The van der Waals surface area contributed by atoms with Gasteiger partial charge in [0.1, 0.15) is 0 Å². The van der Waals surface area contributed by atoms with Crippen molar-refractivity contribution in [1.29, 1.82) is 0 Å². The van der Waals surface area contributed by atoms with E-state index in [1.54, 1.807) is 0 Å². The standard InChI is InChI=1S/C22H17N/c1-3-16-8-10-18(15(2)14-16)22-21-11-9-17-6-4-5-7-19(17)20(21)12-13-23-22/h3-14H,1H2,2H3. The van der Waals surface area contributed by atoms with Crippen LogP contribution < -0.4 is 0 Å². The fourth-order valence-corrected chi connectivity index (χ4v) is 3.23. The minimum absolute atomic E-state index is 1.04. The lowest BCUT2D eigenvalue weighted by molar-refractivity contribution is 1.33. The first-order chi connectivity index (χ1) is 11.3. The molecule has 0 atom stereocenters. The second-order valence-electron chi connectivity index (χ2n) is 5.82. The number of rotatable bonds is 2. The molecule has 0 saturated heterocycles. The van der Waals surface area contributed by atoms with Gasteiger partial charge in [0.2, 0.25) is 0 Å². The highest BCUT2D eigenvalue weighted by Crippen LogP contribution is 2.33. The maximum Gasteiger partial charge on any atom is 0.0783 e. The smallest absolute Gasteiger partial charge is 0.0783 e. The van der Waals surface area contributed by atoms with Crippen LogP contribution >= 0.6 is 0 Å². The highest BCUT2D eigenvalue weighted by Gasteiger charge is 2.10. The lowest BCUT2D eigenvalue weighted by atomic mass is 9.96. The van der Waals surface area contributed by atoms with E-state index in [9.17, 15) is 0 Å². The van der Waals surface area contributed by atoms with Gasteiger partial charge in [0.15, 0.2) is 0 Å². The van der Waals surface area contributed by atoms with E-state index in [0.717, 1.165) is 11.3 Å². The van der Waals surface area contributed by atoms with Gasteiger partial charge in [-0.05, 0) is 40.3 Å². The third-order valence-electron chi connectivity index (χ3n) is 4.41. The van der Waals surface area contributed by atoms with Crippen molar-refractivity contribution in [3.8, 4) is 11.3 Å². The molecule has 4 aromatic rings. The van der Waals surface area contributed by atoms with Crippen LogP contribution in [0.2, 0.25) is 0 Å². The molecule has 0 bridgehead atoms. The van der Waals surface area contributed by atoms with Crippen molar-refractivity contribution in [2.75, 3.05) is 0 Å². The van der Waals surface area contributed by atoms with Crippen LogP contribution in [0.5, 0.6) is 0 Å². The van der Waals surface area contributed by atoms with Gasteiger partial charge in [-0.2, -0.15) is 0 Å². The molecule has 0 aliphatic carbocycles. The van der Waals surface area contributed by atoms with E-state index in [0.29, 0.717) is 0 Å². The number of aryl methyl sites for hydroxylation is 1. The fraction of sp³-hybridized carbons (Fsp3) is 0.0455. The first kappa shape index (κ1) is 13.7. The summed E-state index contributed by atoms with van der Waals surface area (Å²) >= 11 is 0. The van der Waals surface area contributed by atoms with Gasteiger partial charge in [0.05, 0.1) is 5.69 Å². The van der Waals surface area contributed by atoms with Crippen LogP contribution in [-0.2, 0) is 0 Å². The predicted molar refractivity (Wildman–Crippen MR) is 99.5 cm³/mol. The molecule has 0 N–H and O–H groups in total. The maximum atomic E-state index is 4.67. The Labute approximate surface area is 135 Å². The molecule has 0 unspecified atom stereocenters. The zero-order chi connectivity index (χ0) is 15.8. The number of aromatic nitrogens is 1. The molecule has 110 valence electrons. The first-order valence-electron chi connectivity index (χ1n) is 7.78. The van der Waals surface area contributed by atoms with Crippen molar-refractivity contribution in [3.05, 3.63) is 84.6 Å². The van der Waals surface area contributed by atoms with Gasteiger partial charge >= 0.3 is 0 Å². The molecular weight excluding hydrogens is 278 g/mol. The van der Waals surface area contributed by atoms with Gasteiger partial charge in [0.25, 0.3) is 0 Å². The zero-order valence-electron chi connectivity index (χ0n) is 13.1. The number of hydrogen-bond acceptors (Lipinski definition) is 1. The van der Waals surface area contributed by atoms with Crippen LogP contribution in [0, 0.1) is 6.92 Å². The molecule has 3 aromatic carbocycles. The minimum Gasteiger partial charge on any atom is -0.256 e. The normalized spacial score (nSPS) is 11.0. The molecule has 1 heterocycles. The molecule has 0 fully saturated rings. The van der Waals surface area contributed by atoms with E-state index in [1.807, 2.05) is 12.3 Å². The van der Waals surface area contributed by atoms with Gasteiger partial charge in [-0.3, -0.25) is 4.98 Å². The molecule has 0 spiro atoms. The van der Waals surface area contributed by atoms with Crippen LogP contribution in [0.3, 0.4) is 0 Å². The van der Waals surface area contributed by atoms with Crippen molar-refractivity contribution in [2.45, 2.75) is 6.92 Å². The van der Waals surface area contributed by atoms with Crippen LogP contribution in [-0.4, -0.2) is 4.98 Å². The summed E-state index contributed by atoms with van der Waals surface area (Å²) in [6.07, 6.45) is 3.78. The summed E-state index contributed by atoms with van der Waals surface area (Å²) in [4.78, 5) is 4.67. The van der Waals surface area contributed by atoms with Crippen molar-refractivity contribution in [2.24, 2.45) is 0 Å². The van der Waals surface area contributed by atoms with Crippen molar-refractivity contribution < 1.29 is 0 Å². The minimum atomic E-state index is 1.04. The van der Waals surface area contributed by atoms with Crippen LogP contribution in [0.25, 0.3) is 38.9 Å². The quantitative estimate of drug-likeness (QED) is 0.413. The summed E-state index contributed by atoms with van der Waals surface area (Å²) in [7, 11) is 0. The Morgan fingerprint density at radius 2 is 1.74 bits per heavy atom. The molecule has 0 amide bonds. The average molecular weight is 295 g/mol.